The van der Waals surface area contributed by atoms with E-state index in [0.29, 0.717) is 12.0 Å². The quantitative estimate of drug-likeness (QED) is 0.362. The molecule has 10 nitrogen and oxygen atoms in total. The minimum absolute atomic E-state index is 0.252. The average Bonchev–Trinajstić information content (AvgIpc) is 3.34. The Morgan fingerprint density at radius 1 is 1.39 bits per heavy atom. The lowest BCUT2D eigenvalue weighted by Gasteiger charge is -2.20. The lowest BCUT2D eigenvalue weighted by atomic mass is 10.0. The van der Waals surface area contributed by atoms with Crippen LogP contribution in [-0.4, -0.2) is 50.3 Å². The number of nitrogens with zero attached hydrogens (tertiary/aromatic N) is 1. The Morgan fingerprint density at radius 3 is 2.94 bits per heavy atom. The van der Waals surface area contributed by atoms with E-state index in [1.54, 1.807) is 6.92 Å². The molecule has 10 heteroatoms. The molecule has 3 aromatic rings. The van der Waals surface area contributed by atoms with Crippen molar-refractivity contribution in [3.63, 3.8) is 0 Å². The summed E-state index contributed by atoms with van der Waals surface area (Å²) in [4.78, 5) is 41.9. The summed E-state index contributed by atoms with van der Waals surface area (Å²) < 4.78 is 7.02. The van der Waals surface area contributed by atoms with Crippen LogP contribution >= 0.6 is 0 Å². The highest BCUT2D eigenvalue weighted by atomic mass is 16.5. The second kappa shape index (κ2) is 8.50. The summed E-state index contributed by atoms with van der Waals surface area (Å²) in [7, 11) is 0. The van der Waals surface area contributed by atoms with E-state index in [9.17, 15) is 19.5 Å². The molecule has 0 saturated carbocycles. The van der Waals surface area contributed by atoms with Gasteiger partial charge in [0.1, 0.15) is 12.3 Å². The fourth-order valence-electron chi connectivity index (χ4n) is 3.94. The molecule has 6 N–H and O–H groups in total. The molecule has 1 fully saturated rings. The number of aromatic amines is 2. The van der Waals surface area contributed by atoms with Crippen molar-refractivity contribution in [3.05, 3.63) is 68.6 Å². The number of fused-ring (bicyclic) bond motifs is 1. The maximum atomic E-state index is 12.7. The van der Waals surface area contributed by atoms with Crippen molar-refractivity contribution in [1.82, 2.24) is 19.9 Å². The number of H-pyrrole nitrogens is 2. The van der Waals surface area contributed by atoms with Crippen molar-refractivity contribution in [2.45, 2.75) is 44.2 Å². The molecular weight excluding hydrogens is 402 g/mol. The van der Waals surface area contributed by atoms with Crippen LogP contribution in [-0.2, 0) is 16.0 Å². The third-order valence-corrected chi connectivity index (χ3v) is 5.65. The first-order valence-electron chi connectivity index (χ1n) is 10.1. The lowest BCUT2D eigenvalue weighted by molar-refractivity contribution is -0.123. The zero-order valence-corrected chi connectivity index (χ0v) is 17.0. The largest absolute Gasteiger partial charge is 0.394 e. The minimum atomic E-state index is -0.796. The first-order valence-corrected chi connectivity index (χ1v) is 10.1. The Labute approximate surface area is 177 Å². The Kier molecular flexibility index (Phi) is 5.77. The van der Waals surface area contributed by atoms with E-state index in [0.717, 1.165) is 16.5 Å². The van der Waals surface area contributed by atoms with E-state index in [-0.39, 0.29) is 18.9 Å². The molecule has 1 aromatic carbocycles. The molecule has 4 rings (SSSR count). The maximum Gasteiger partial charge on any atom is 0.330 e. The number of aliphatic hydroxyl groups excluding tert-OH is 1. The van der Waals surface area contributed by atoms with Gasteiger partial charge in [0.15, 0.2) is 0 Å². The summed E-state index contributed by atoms with van der Waals surface area (Å²) in [5, 5.41) is 13.5. The van der Waals surface area contributed by atoms with Crippen molar-refractivity contribution in [2.75, 3.05) is 6.61 Å². The summed E-state index contributed by atoms with van der Waals surface area (Å²) in [5.41, 5.74) is 7.34. The number of amides is 1. The molecule has 1 aliphatic heterocycles. The molecule has 0 spiro atoms. The monoisotopic (exact) mass is 427 g/mol. The van der Waals surface area contributed by atoms with Crippen LogP contribution in [0.15, 0.2) is 46.2 Å². The third kappa shape index (κ3) is 4.18. The van der Waals surface area contributed by atoms with Gasteiger partial charge in [0, 0.05) is 35.3 Å². The van der Waals surface area contributed by atoms with Crippen molar-refractivity contribution >= 4 is 16.8 Å². The fraction of sp³-hybridized carbons (Fsp3) is 0.381. The summed E-state index contributed by atoms with van der Waals surface area (Å²) in [6, 6.07) is 6.44. The highest BCUT2D eigenvalue weighted by Crippen LogP contribution is 2.27. The number of nitrogens with one attached hydrogen (secondary N) is 3. The summed E-state index contributed by atoms with van der Waals surface area (Å²) in [6.45, 7) is 1.24. The molecule has 0 radical (unpaired) electrons. The van der Waals surface area contributed by atoms with Gasteiger partial charge < -0.3 is 25.9 Å². The van der Waals surface area contributed by atoms with Crippen LogP contribution in [0.4, 0.5) is 0 Å². The number of ether oxygens (including phenoxy) is 1. The van der Waals surface area contributed by atoms with Crippen LogP contribution in [0.2, 0.25) is 0 Å². The number of rotatable bonds is 6. The fourth-order valence-corrected chi connectivity index (χ4v) is 3.94. The van der Waals surface area contributed by atoms with Crippen molar-refractivity contribution in [1.29, 1.82) is 0 Å². The molecule has 1 saturated heterocycles. The number of hydrogen-bond acceptors (Lipinski definition) is 6. The van der Waals surface area contributed by atoms with Gasteiger partial charge in [0.25, 0.3) is 5.56 Å². The van der Waals surface area contributed by atoms with Crippen LogP contribution in [0.1, 0.15) is 23.8 Å². The zero-order chi connectivity index (χ0) is 22.1. The second-order valence-corrected chi connectivity index (χ2v) is 7.81. The zero-order valence-electron chi connectivity index (χ0n) is 17.0. The Hall–Kier alpha value is -3.21. The number of benzene rings is 1. The molecular formula is C21H25N5O5. The molecule has 4 atom stereocenters. The van der Waals surface area contributed by atoms with Gasteiger partial charge >= 0.3 is 5.69 Å². The first kappa shape index (κ1) is 21.0. The molecule has 0 bridgehead atoms. The van der Waals surface area contributed by atoms with Gasteiger partial charge in [-0.1, -0.05) is 18.2 Å². The Balaban J connectivity index is 1.45. The molecule has 0 aliphatic carbocycles. The van der Waals surface area contributed by atoms with E-state index in [4.69, 9.17) is 10.5 Å². The van der Waals surface area contributed by atoms with E-state index in [1.165, 1.54) is 10.8 Å². The van der Waals surface area contributed by atoms with E-state index in [1.807, 2.05) is 30.5 Å². The van der Waals surface area contributed by atoms with Gasteiger partial charge in [0.05, 0.1) is 18.7 Å². The van der Waals surface area contributed by atoms with E-state index >= 15 is 0 Å². The molecule has 1 amide bonds. The number of nitrogens with two attached hydrogens (primary N) is 1. The van der Waals surface area contributed by atoms with Gasteiger partial charge in [-0.3, -0.25) is 19.1 Å². The van der Waals surface area contributed by atoms with Crippen molar-refractivity contribution in [2.24, 2.45) is 5.73 Å². The second-order valence-electron chi connectivity index (χ2n) is 7.81. The minimum Gasteiger partial charge on any atom is -0.394 e. The number of aryl methyl sites for hydroxylation is 1. The van der Waals surface area contributed by atoms with Crippen LogP contribution in [0.25, 0.3) is 10.9 Å². The van der Waals surface area contributed by atoms with Crippen LogP contribution < -0.4 is 22.3 Å². The summed E-state index contributed by atoms with van der Waals surface area (Å²) in [6.07, 6.45) is 2.42. The van der Waals surface area contributed by atoms with Crippen molar-refractivity contribution < 1.29 is 14.6 Å². The number of carbonyl (C=O) groups excluding carboxylic acids is 1. The molecule has 1 unspecified atom stereocenters. The van der Waals surface area contributed by atoms with E-state index < -0.39 is 35.7 Å². The topological polar surface area (TPSA) is 155 Å². The highest BCUT2D eigenvalue weighted by Gasteiger charge is 2.38. The Bertz CT molecular complexity index is 1210. The van der Waals surface area contributed by atoms with Gasteiger partial charge in [0.2, 0.25) is 5.91 Å². The molecule has 2 aromatic heterocycles. The van der Waals surface area contributed by atoms with Gasteiger partial charge in [-0.25, -0.2) is 4.79 Å². The summed E-state index contributed by atoms with van der Waals surface area (Å²) in [5.74, 6) is -0.372. The van der Waals surface area contributed by atoms with Crippen LogP contribution in [0.5, 0.6) is 0 Å². The average molecular weight is 427 g/mol. The van der Waals surface area contributed by atoms with Gasteiger partial charge in [-0.05, 0) is 25.0 Å². The van der Waals surface area contributed by atoms with Gasteiger partial charge in [-0.2, -0.15) is 0 Å². The standard InChI is InChI=1S/C21H25N5O5/c1-11-9-26(21(30)25-19(11)28)18-7-16(17(10-27)31-18)24-20(29)14(22)6-12-8-23-15-5-3-2-4-13(12)15/h2-5,8-9,14,16-18,23,27H,6-7,10,22H2,1H3,(H,24,29)(H,25,28,30)/t14?,16-,17+,18+/m0/s1. The predicted molar refractivity (Wildman–Crippen MR) is 114 cm³/mol. The van der Waals surface area contributed by atoms with E-state index in [2.05, 4.69) is 15.3 Å². The maximum absolute atomic E-state index is 12.7. The summed E-state index contributed by atoms with van der Waals surface area (Å²) >= 11 is 0. The number of para-hydroxylation sites is 1. The predicted octanol–water partition coefficient (Wildman–Crippen LogP) is -0.339. The van der Waals surface area contributed by atoms with Crippen LogP contribution in [0.3, 0.4) is 0 Å². The van der Waals surface area contributed by atoms with Crippen molar-refractivity contribution in [3.8, 4) is 0 Å². The number of hydrogen-bond donors (Lipinski definition) is 5. The number of aromatic nitrogens is 3. The highest BCUT2D eigenvalue weighted by molar-refractivity contribution is 5.86. The molecule has 31 heavy (non-hydrogen) atoms. The van der Waals surface area contributed by atoms with Gasteiger partial charge in [-0.15, -0.1) is 0 Å². The first-order chi connectivity index (χ1) is 14.9. The smallest absolute Gasteiger partial charge is 0.330 e. The molecule has 164 valence electrons. The lowest BCUT2D eigenvalue weighted by Crippen LogP contribution is -2.49. The Morgan fingerprint density at radius 2 is 2.16 bits per heavy atom. The number of aliphatic hydroxyl groups is 1. The SMILES string of the molecule is Cc1cn([C@H]2C[C@H](NC(=O)C(N)Cc3c[nH]c4ccccc34)[C@@H](CO)O2)c(=O)[nH]c1=O. The normalized spacial score (nSPS) is 22.0. The molecule has 1 aliphatic rings. The third-order valence-electron chi connectivity index (χ3n) is 5.65. The molecule has 3 heterocycles. The number of carbonyl (C=O) groups is 1. The van der Waals surface area contributed by atoms with Crippen LogP contribution in [0, 0.1) is 6.92 Å².